The molecule has 138 valence electrons. The molecule has 1 unspecified atom stereocenters. The molecule has 0 spiro atoms. The van der Waals surface area contributed by atoms with E-state index in [4.69, 9.17) is 4.74 Å². The van der Waals surface area contributed by atoms with Crippen molar-refractivity contribution in [3.63, 3.8) is 0 Å². The molecule has 0 aliphatic carbocycles. The van der Waals surface area contributed by atoms with Crippen LogP contribution < -0.4 is 4.74 Å². The number of hydrogen-bond donors (Lipinski definition) is 0. The monoisotopic (exact) mass is 359 g/mol. The van der Waals surface area contributed by atoms with Gasteiger partial charge in [-0.15, -0.1) is 0 Å². The van der Waals surface area contributed by atoms with Crippen molar-refractivity contribution in [3.05, 3.63) is 65.2 Å². The topological polar surface area (TPSA) is 29.5 Å². The number of ether oxygens (including phenoxy) is 1. The zero-order chi connectivity index (χ0) is 18.5. The summed E-state index contributed by atoms with van der Waals surface area (Å²) in [6.45, 7) is 1.32. The summed E-state index contributed by atoms with van der Waals surface area (Å²) >= 11 is 0. The van der Waals surface area contributed by atoms with E-state index in [0.29, 0.717) is 19.0 Å². The van der Waals surface area contributed by atoms with E-state index in [2.05, 4.69) is 0 Å². The molecule has 2 aromatic carbocycles. The van der Waals surface area contributed by atoms with Gasteiger partial charge in [0.1, 0.15) is 5.82 Å². The third-order valence-electron chi connectivity index (χ3n) is 4.96. The SMILES string of the molecule is COc1c(F)cccc1C(=O)N1CCCC(CCc2ccc(F)cc2)C1. The third kappa shape index (κ3) is 4.21. The highest BCUT2D eigenvalue weighted by Gasteiger charge is 2.27. The van der Waals surface area contributed by atoms with Gasteiger partial charge in [-0.25, -0.2) is 8.78 Å². The normalized spacial score (nSPS) is 17.2. The largest absolute Gasteiger partial charge is 0.493 e. The van der Waals surface area contributed by atoms with Crippen LogP contribution in [0.5, 0.6) is 5.75 Å². The number of aryl methyl sites for hydroxylation is 1. The molecule has 1 saturated heterocycles. The van der Waals surface area contributed by atoms with Gasteiger partial charge in [0, 0.05) is 13.1 Å². The van der Waals surface area contributed by atoms with Gasteiger partial charge in [0.2, 0.25) is 0 Å². The Morgan fingerprint density at radius 3 is 2.69 bits per heavy atom. The number of likely N-dealkylation sites (tertiary alicyclic amines) is 1. The van der Waals surface area contributed by atoms with Gasteiger partial charge < -0.3 is 9.64 Å². The molecule has 1 aliphatic rings. The predicted octanol–water partition coefficient (Wildman–Crippen LogP) is 4.46. The number of methoxy groups -OCH3 is 1. The zero-order valence-corrected chi connectivity index (χ0v) is 14.9. The van der Waals surface area contributed by atoms with Crippen LogP contribution in [-0.2, 0) is 6.42 Å². The number of benzene rings is 2. The van der Waals surface area contributed by atoms with Gasteiger partial charge in [-0.2, -0.15) is 0 Å². The molecule has 0 saturated carbocycles. The van der Waals surface area contributed by atoms with Crippen molar-refractivity contribution < 1.29 is 18.3 Å². The van der Waals surface area contributed by atoms with Crippen LogP contribution in [0, 0.1) is 17.6 Å². The lowest BCUT2D eigenvalue weighted by molar-refractivity contribution is 0.0664. The van der Waals surface area contributed by atoms with E-state index in [1.807, 2.05) is 0 Å². The summed E-state index contributed by atoms with van der Waals surface area (Å²) in [5.74, 6) is -0.550. The van der Waals surface area contributed by atoms with Crippen molar-refractivity contribution in [3.8, 4) is 5.75 Å². The first-order chi connectivity index (χ1) is 12.6. The van der Waals surface area contributed by atoms with Gasteiger partial charge in [-0.1, -0.05) is 18.2 Å². The minimum atomic E-state index is -0.525. The molecule has 1 aliphatic heterocycles. The molecule has 0 bridgehead atoms. The Morgan fingerprint density at radius 1 is 1.19 bits per heavy atom. The fourth-order valence-corrected chi connectivity index (χ4v) is 3.56. The number of halogens is 2. The average molecular weight is 359 g/mol. The summed E-state index contributed by atoms with van der Waals surface area (Å²) < 4.78 is 31.9. The average Bonchev–Trinajstić information content (AvgIpc) is 2.67. The Morgan fingerprint density at radius 2 is 1.96 bits per heavy atom. The molecule has 26 heavy (non-hydrogen) atoms. The highest BCUT2D eigenvalue weighted by Crippen LogP contribution is 2.27. The number of nitrogens with zero attached hydrogens (tertiary/aromatic N) is 1. The van der Waals surface area contributed by atoms with E-state index in [0.717, 1.165) is 31.2 Å². The summed E-state index contributed by atoms with van der Waals surface area (Å²) in [7, 11) is 1.37. The predicted molar refractivity (Wildman–Crippen MR) is 96.3 cm³/mol. The first-order valence-corrected chi connectivity index (χ1v) is 8.94. The fraction of sp³-hybridized carbons (Fsp3) is 0.381. The van der Waals surface area contributed by atoms with Gasteiger partial charge in [-0.05, 0) is 61.4 Å². The smallest absolute Gasteiger partial charge is 0.257 e. The number of amides is 1. The van der Waals surface area contributed by atoms with Crippen LogP contribution in [-0.4, -0.2) is 31.0 Å². The van der Waals surface area contributed by atoms with Crippen LogP contribution in [0.2, 0.25) is 0 Å². The molecule has 1 fully saturated rings. The number of rotatable bonds is 5. The summed E-state index contributed by atoms with van der Waals surface area (Å²) in [6.07, 6.45) is 3.79. The number of para-hydroxylation sites is 1. The number of hydrogen-bond acceptors (Lipinski definition) is 2. The van der Waals surface area contributed by atoms with Crippen molar-refractivity contribution in [1.82, 2.24) is 4.90 Å². The van der Waals surface area contributed by atoms with Crippen molar-refractivity contribution >= 4 is 5.91 Å². The molecule has 1 atom stereocenters. The van der Waals surface area contributed by atoms with Crippen LogP contribution in [0.4, 0.5) is 8.78 Å². The standard InChI is InChI=1S/C21H23F2NO2/c1-26-20-18(5-2-6-19(20)23)21(25)24-13-3-4-16(14-24)8-7-15-9-11-17(22)12-10-15/h2,5-6,9-12,16H,3-4,7-8,13-14H2,1H3. The van der Waals surface area contributed by atoms with Crippen LogP contribution in [0.3, 0.4) is 0 Å². The summed E-state index contributed by atoms with van der Waals surface area (Å²) in [4.78, 5) is 14.6. The van der Waals surface area contributed by atoms with Gasteiger partial charge in [0.15, 0.2) is 11.6 Å². The first kappa shape index (κ1) is 18.4. The summed E-state index contributed by atoms with van der Waals surface area (Å²) in [5.41, 5.74) is 1.37. The minimum absolute atomic E-state index is 0.00550. The van der Waals surface area contributed by atoms with E-state index in [1.54, 1.807) is 23.1 Å². The Kier molecular flexibility index (Phi) is 5.86. The Hall–Kier alpha value is -2.43. The summed E-state index contributed by atoms with van der Waals surface area (Å²) in [5, 5.41) is 0. The zero-order valence-electron chi connectivity index (χ0n) is 14.9. The first-order valence-electron chi connectivity index (χ1n) is 8.94. The number of piperidine rings is 1. The highest BCUT2D eigenvalue weighted by atomic mass is 19.1. The second-order valence-electron chi connectivity index (χ2n) is 6.75. The summed E-state index contributed by atoms with van der Waals surface area (Å²) in [6, 6.07) is 11.0. The molecule has 1 heterocycles. The van der Waals surface area contributed by atoms with Crippen molar-refractivity contribution in [2.75, 3.05) is 20.2 Å². The van der Waals surface area contributed by atoms with Crippen LogP contribution in [0.15, 0.2) is 42.5 Å². The Labute approximate surface area is 152 Å². The van der Waals surface area contributed by atoms with Crippen molar-refractivity contribution in [2.24, 2.45) is 5.92 Å². The molecule has 0 aromatic heterocycles. The second-order valence-corrected chi connectivity index (χ2v) is 6.75. The molecule has 3 nitrogen and oxygen atoms in total. The van der Waals surface area contributed by atoms with Crippen molar-refractivity contribution in [2.45, 2.75) is 25.7 Å². The number of carbonyl (C=O) groups excluding carboxylic acids is 1. The third-order valence-corrected chi connectivity index (χ3v) is 4.96. The van der Waals surface area contributed by atoms with Crippen LogP contribution in [0.25, 0.3) is 0 Å². The van der Waals surface area contributed by atoms with Gasteiger partial charge in [-0.3, -0.25) is 4.79 Å². The highest BCUT2D eigenvalue weighted by molar-refractivity contribution is 5.97. The van der Waals surface area contributed by atoms with Gasteiger partial charge in [0.05, 0.1) is 12.7 Å². The molecule has 2 aromatic rings. The second kappa shape index (κ2) is 8.30. The Bertz CT molecular complexity index is 761. The number of carbonyl (C=O) groups is 1. The van der Waals surface area contributed by atoms with Crippen LogP contribution >= 0.6 is 0 Å². The molecule has 0 N–H and O–H groups in total. The van der Waals surface area contributed by atoms with Crippen LogP contribution in [0.1, 0.15) is 35.2 Å². The minimum Gasteiger partial charge on any atom is -0.493 e. The molecule has 3 rings (SSSR count). The lowest BCUT2D eigenvalue weighted by Crippen LogP contribution is -2.40. The lowest BCUT2D eigenvalue weighted by atomic mass is 9.91. The van der Waals surface area contributed by atoms with E-state index in [1.165, 1.54) is 31.4 Å². The molecular formula is C21H23F2NO2. The van der Waals surface area contributed by atoms with Crippen molar-refractivity contribution in [1.29, 1.82) is 0 Å². The maximum Gasteiger partial charge on any atom is 0.257 e. The molecular weight excluding hydrogens is 336 g/mol. The van der Waals surface area contributed by atoms with E-state index >= 15 is 0 Å². The molecule has 5 heteroatoms. The van der Waals surface area contributed by atoms with Gasteiger partial charge in [0.25, 0.3) is 5.91 Å². The maximum atomic E-state index is 13.9. The molecule has 1 amide bonds. The quantitative estimate of drug-likeness (QED) is 0.789. The fourth-order valence-electron chi connectivity index (χ4n) is 3.56. The van der Waals surface area contributed by atoms with E-state index in [9.17, 15) is 13.6 Å². The van der Waals surface area contributed by atoms with E-state index in [-0.39, 0.29) is 23.0 Å². The Balaban J connectivity index is 1.63. The lowest BCUT2D eigenvalue weighted by Gasteiger charge is -2.33. The van der Waals surface area contributed by atoms with Gasteiger partial charge >= 0.3 is 0 Å². The maximum absolute atomic E-state index is 13.9. The molecule has 0 radical (unpaired) electrons. The van der Waals surface area contributed by atoms with E-state index < -0.39 is 5.82 Å².